The molecule has 126 valence electrons. The van der Waals surface area contributed by atoms with Gasteiger partial charge in [-0.3, -0.25) is 4.79 Å². The Balaban J connectivity index is 2.12. The van der Waals surface area contributed by atoms with Crippen LogP contribution in [-0.2, 0) is 0 Å². The first-order valence-corrected chi connectivity index (χ1v) is 7.87. The largest absolute Gasteiger partial charge is 0.347 e. The third-order valence-corrected chi connectivity index (χ3v) is 3.23. The number of halogens is 1. The summed E-state index contributed by atoms with van der Waals surface area (Å²) in [7, 11) is 0. The van der Waals surface area contributed by atoms with Crippen LogP contribution in [-0.4, -0.2) is 17.5 Å². The molecule has 0 saturated heterocycles. The highest BCUT2D eigenvalue weighted by molar-refractivity contribution is 6.30. The highest BCUT2D eigenvalue weighted by Crippen LogP contribution is 2.18. The zero-order valence-corrected chi connectivity index (χ0v) is 14.6. The molecule has 5 nitrogen and oxygen atoms in total. The highest BCUT2D eigenvalue weighted by Gasteiger charge is 2.18. The Morgan fingerprint density at radius 2 is 1.67 bits per heavy atom. The van der Waals surface area contributed by atoms with E-state index in [1.165, 1.54) is 0 Å². The number of urea groups is 1. The summed E-state index contributed by atoms with van der Waals surface area (Å²) in [5.41, 5.74) is 1.02. The van der Waals surface area contributed by atoms with Crippen LogP contribution in [0.15, 0.2) is 48.5 Å². The molecule has 0 heterocycles. The fourth-order valence-corrected chi connectivity index (χ4v) is 2.24. The monoisotopic (exact) mass is 345 g/mol. The van der Waals surface area contributed by atoms with Crippen molar-refractivity contribution in [2.75, 3.05) is 10.6 Å². The molecule has 6 heteroatoms. The molecule has 0 aliphatic heterocycles. The van der Waals surface area contributed by atoms with Gasteiger partial charge in [0.05, 0.1) is 11.3 Å². The first-order valence-electron chi connectivity index (χ1n) is 7.50. The Bertz CT molecular complexity index is 754. The van der Waals surface area contributed by atoms with Gasteiger partial charge in [0.15, 0.2) is 0 Å². The number of nitrogens with one attached hydrogen (secondary N) is 3. The van der Waals surface area contributed by atoms with Crippen LogP contribution in [0.3, 0.4) is 0 Å². The van der Waals surface area contributed by atoms with Crippen LogP contribution in [0, 0.1) is 0 Å². The summed E-state index contributed by atoms with van der Waals surface area (Å²) in [6.07, 6.45) is 0. The molecule has 2 rings (SSSR count). The second-order valence-electron chi connectivity index (χ2n) is 6.34. The summed E-state index contributed by atoms with van der Waals surface area (Å²) in [4.78, 5) is 24.5. The van der Waals surface area contributed by atoms with E-state index in [2.05, 4.69) is 16.0 Å². The van der Waals surface area contributed by atoms with Crippen molar-refractivity contribution in [3.8, 4) is 0 Å². The van der Waals surface area contributed by atoms with Crippen molar-refractivity contribution in [2.45, 2.75) is 26.3 Å². The summed E-state index contributed by atoms with van der Waals surface area (Å²) in [6.45, 7) is 5.69. The normalized spacial score (nSPS) is 10.8. The van der Waals surface area contributed by atoms with Gasteiger partial charge in [-0.2, -0.15) is 0 Å². The quantitative estimate of drug-likeness (QED) is 0.765. The Morgan fingerprint density at radius 1 is 0.958 bits per heavy atom. The first kappa shape index (κ1) is 17.8. The number of carbonyl (C=O) groups is 2. The first-order chi connectivity index (χ1) is 11.2. The van der Waals surface area contributed by atoms with Gasteiger partial charge in [0.1, 0.15) is 0 Å². The molecule has 0 aliphatic rings. The Morgan fingerprint density at radius 3 is 2.33 bits per heavy atom. The number of para-hydroxylation sites is 1. The van der Waals surface area contributed by atoms with Gasteiger partial charge in [-0.15, -0.1) is 0 Å². The molecule has 0 bridgehead atoms. The van der Waals surface area contributed by atoms with Gasteiger partial charge >= 0.3 is 6.03 Å². The average molecular weight is 346 g/mol. The smallest absolute Gasteiger partial charge is 0.323 e. The van der Waals surface area contributed by atoms with E-state index in [9.17, 15) is 9.59 Å². The van der Waals surface area contributed by atoms with Crippen LogP contribution in [0.1, 0.15) is 31.1 Å². The maximum atomic E-state index is 12.4. The maximum Gasteiger partial charge on any atom is 0.323 e. The molecule has 0 spiro atoms. The number of anilines is 2. The molecule has 2 aromatic rings. The molecular weight excluding hydrogens is 326 g/mol. The summed E-state index contributed by atoms with van der Waals surface area (Å²) in [5, 5.41) is 8.77. The van der Waals surface area contributed by atoms with Gasteiger partial charge in [0, 0.05) is 16.2 Å². The Kier molecular flexibility index (Phi) is 5.46. The molecular formula is C18H20ClN3O2. The van der Waals surface area contributed by atoms with E-state index >= 15 is 0 Å². The standard InChI is InChI=1S/C18H20ClN3O2/c1-18(2,3)22-16(23)14-9-4-5-10-15(14)21-17(24)20-13-8-6-7-12(19)11-13/h4-11H,1-3H3,(H,22,23)(H2,20,21,24). The third kappa shape index (κ3) is 5.28. The number of amides is 3. The molecule has 0 aliphatic carbocycles. The fourth-order valence-electron chi connectivity index (χ4n) is 2.05. The lowest BCUT2D eigenvalue weighted by molar-refractivity contribution is 0.0920. The molecule has 24 heavy (non-hydrogen) atoms. The van der Waals surface area contributed by atoms with Crippen molar-refractivity contribution >= 4 is 34.9 Å². The van der Waals surface area contributed by atoms with E-state index in [0.29, 0.717) is 22.0 Å². The summed E-state index contributed by atoms with van der Waals surface area (Å²) in [6, 6.07) is 13.2. The molecule has 3 amide bonds. The van der Waals surface area contributed by atoms with E-state index < -0.39 is 6.03 Å². The number of hydrogen-bond donors (Lipinski definition) is 3. The lowest BCUT2D eigenvalue weighted by Gasteiger charge is -2.21. The van der Waals surface area contributed by atoms with Gasteiger partial charge in [-0.05, 0) is 51.1 Å². The maximum absolute atomic E-state index is 12.4. The van der Waals surface area contributed by atoms with Crippen molar-refractivity contribution in [3.05, 3.63) is 59.1 Å². The summed E-state index contributed by atoms with van der Waals surface area (Å²) < 4.78 is 0. The molecule has 0 fully saturated rings. The fraction of sp³-hybridized carbons (Fsp3) is 0.222. The second-order valence-corrected chi connectivity index (χ2v) is 6.78. The topological polar surface area (TPSA) is 70.2 Å². The third-order valence-electron chi connectivity index (χ3n) is 2.99. The molecule has 0 saturated carbocycles. The van der Waals surface area contributed by atoms with Crippen LogP contribution in [0.5, 0.6) is 0 Å². The second kappa shape index (κ2) is 7.36. The van der Waals surface area contributed by atoms with Crippen molar-refractivity contribution in [1.29, 1.82) is 0 Å². The van der Waals surface area contributed by atoms with E-state index in [-0.39, 0.29) is 11.4 Å². The predicted octanol–water partition coefficient (Wildman–Crippen LogP) is 4.51. The zero-order valence-electron chi connectivity index (χ0n) is 13.8. The average Bonchev–Trinajstić information content (AvgIpc) is 2.45. The van der Waals surface area contributed by atoms with Gasteiger partial charge in [-0.1, -0.05) is 29.8 Å². The number of hydrogen-bond acceptors (Lipinski definition) is 2. The minimum Gasteiger partial charge on any atom is -0.347 e. The van der Waals surface area contributed by atoms with Gasteiger partial charge in [-0.25, -0.2) is 4.79 Å². The zero-order chi connectivity index (χ0) is 17.7. The van der Waals surface area contributed by atoms with Crippen LogP contribution >= 0.6 is 11.6 Å². The van der Waals surface area contributed by atoms with Gasteiger partial charge in [0.25, 0.3) is 5.91 Å². The highest BCUT2D eigenvalue weighted by atomic mass is 35.5. The summed E-state index contributed by atoms with van der Waals surface area (Å²) in [5.74, 6) is -0.249. The van der Waals surface area contributed by atoms with Crippen molar-refractivity contribution < 1.29 is 9.59 Å². The molecule has 3 N–H and O–H groups in total. The van der Waals surface area contributed by atoms with Crippen molar-refractivity contribution in [1.82, 2.24) is 5.32 Å². The van der Waals surface area contributed by atoms with E-state index in [1.807, 2.05) is 20.8 Å². The predicted molar refractivity (Wildman–Crippen MR) is 97.8 cm³/mol. The van der Waals surface area contributed by atoms with Gasteiger partial charge in [0.2, 0.25) is 0 Å². The molecule has 2 aromatic carbocycles. The molecule has 0 radical (unpaired) electrons. The minimum atomic E-state index is -0.451. The van der Waals surface area contributed by atoms with Crippen LogP contribution in [0.4, 0.5) is 16.2 Å². The molecule has 0 atom stereocenters. The lowest BCUT2D eigenvalue weighted by atomic mass is 10.1. The van der Waals surface area contributed by atoms with Crippen LogP contribution < -0.4 is 16.0 Å². The SMILES string of the molecule is CC(C)(C)NC(=O)c1ccccc1NC(=O)Nc1cccc(Cl)c1. The van der Waals surface area contributed by atoms with Crippen LogP contribution in [0.25, 0.3) is 0 Å². The number of benzene rings is 2. The van der Waals surface area contributed by atoms with Crippen LogP contribution in [0.2, 0.25) is 5.02 Å². The van der Waals surface area contributed by atoms with E-state index in [0.717, 1.165) is 0 Å². The van der Waals surface area contributed by atoms with E-state index in [4.69, 9.17) is 11.6 Å². The number of carbonyl (C=O) groups excluding carboxylic acids is 2. The van der Waals surface area contributed by atoms with Crippen molar-refractivity contribution in [2.24, 2.45) is 0 Å². The van der Waals surface area contributed by atoms with Gasteiger partial charge < -0.3 is 16.0 Å². The summed E-state index contributed by atoms with van der Waals surface area (Å²) >= 11 is 5.89. The molecule has 0 unspecified atom stereocenters. The Labute approximate surface area is 146 Å². The lowest BCUT2D eigenvalue weighted by Crippen LogP contribution is -2.41. The van der Waals surface area contributed by atoms with Crippen molar-refractivity contribution in [3.63, 3.8) is 0 Å². The minimum absolute atomic E-state index is 0.249. The Hall–Kier alpha value is -2.53. The number of rotatable bonds is 3. The van der Waals surface area contributed by atoms with E-state index in [1.54, 1.807) is 48.5 Å². The molecule has 0 aromatic heterocycles.